The quantitative estimate of drug-likeness (QED) is 0.634. The van der Waals surface area contributed by atoms with Crippen LogP contribution in [0.3, 0.4) is 0 Å². The molecular formula is C21H20ClNO4. The number of hydrogen-bond acceptors (Lipinski definition) is 4. The van der Waals surface area contributed by atoms with Gasteiger partial charge in [-0.1, -0.05) is 25.4 Å². The Morgan fingerprint density at radius 3 is 2.67 bits per heavy atom. The highest BCUT2D eigenvalue weighted by Crippen LogP contribution is 2.27. The van der Waals surface area contributed by atoms with Crippen LogP contribution in [0.4, 0.5) is 5.69 Å². The lowest BCUT2D eigenvalue weighted by Gasteiger charge is -2.11. The molecule has 0 spiro atoms. The molecular weight excluding hydrogens is 366 g/mol. The molecule has 2 aromatic carbocycles. The van der Waals surface area contributed by atoms with Crippen molar-refractivity contribution < 1.29 is 13.9 Å². The second kappa shape index (κ2) is 7.84. The smallest absolute Gasteiger partial charge is 0.336 e. The summed E-state index contributed by atoms with van der Waals surface area (Å²) in [4.78, 5) is 23.9. The normalized spacial score (nSPS) is 11.0. The van der Waals surface area contributed by atoms with Crippen LogP contribution >= 0.6 is 11.6 Å². The van der Waals surface area contributed by atoms with E-state index < -0.39 is 5.63 Å². The topological polar surface area (TPSA) is 68.5 Å². The molecule has 3 rings (SSSR count). The number of hydrogen-bond donors (Lipinski definition) is 1. The van der Waals surface area contributed by atoms with Crippen LogP contribution in [0, 0.1) is 6.92 Å². The molecule has 0 saturated heterocycles. The molecule has 1 heterocycles. The number of carbonyl (C=O) groups is 1. The molecule has 3 aromatic rings. The van der Waals surface area contributed by atoms with E-state index in [1.54, 1.807) is 30.3 Å². The van der Waals surface area contributed by atoms with E-state index in [4.69, 9.17) is 20.8 Å². The van der Waals surface area contributed by atoms with Crippen molar-refractivity contribution >= 4 is 34.2 Å². The molecule has 27 heavy (non-hydrogen) atoms. The Hall–Kier alpha value is -2.79. The van der Waals surface area contributed by atoms with E-state index in [-0.39, 0.29) is 18.4 Å². The first-order valence-corrected chi connectivity index (χ1v) is 8.98. The first kappa shape index (κ1) is 19.0. The largest absolute Gasteiger partial charge is 0.484 e. The molecule has 1 amide bonds. The van der Waals surface area contributed by atoms with Gasteiger partial charge in [-0.05, 0) is 54.3 Å². The average Bonchev–Trinajstić information content (AvgIpc) is 2.61. The van der Waals surface area contributed by atoms with Gasteiger partial charge in [-0.25, -0.2) is 4.79 Å². The van der Waals surface area contributed by atoms with E-state index in [2.05, 4.69) is 5.32 Å². The summed E-state index contributed by atoms with van der Waals surface area (Å²) in [6.07, 6.45) is 0. The summed E-state index contributed by atoms with van der Waals surface area (Å²) in [5, 5.41) is 4.25. The lowest BCUT2D eigenvalue weighted by Crippen LogP contribution is -2.20. The Labute approximate surface area is 161 Å². The molecule has 0 unspecified atom stereocenters. The lowest BCUT2D eigenvalue weighted by atomic mass is 10.00. The minimum absolute atomic E-state index is 0.165. The van der Waals surface area contributed by atoms with E-state index in [0.29, 0.717) is 22.0 Å². The number of rotatable bonds is 5. The van der Waals surface area contributed by atoms with E-state index in [1.165, 1.54) is 6.07 Å². The zero-order valence-electron chi connectivity index (χ0n) is 15.3. The number of halogens is 1. The number of ether oxygens (including phenoxy) is 1. The monoisotopic (exact) mass is 385 g/mol. The molecule has 0 radical (unpaired) electrons. The zero-order chi connectivity index (χ0) is 19.6. The first-order valence-electron chi connectivity index (χ1n) is 8.60. The van der Waals surface area contributed by atoms with Gasteiger partial charge in [0, 0.05) is 28.2 Å². The van der Waals surface area contributed by atoms with Crippen LogP contribution in [0.2, 0.25) is 5.02 Å². The average molecular weight is 386 g/mol. The summed E-state index contributed by atoms with van der Waals surface area (Å²) < 4.78 is 10.8. The van der Waals surface area contributed by atoms with Gasteiger partial charge in [0.25, 0.3) is 5.91 Å². The number of aryl methyl sites for hydroxylation is 1. The Kier molecular flexibility index (Phi) is 5.51. The lowest BCUT2D eigenvalue weighted by molar-refractivity contribution is -0.118. The summed E-state index contributed by atoms with van der Waals surface area (Å²) >= 11 is 5.92. The van der Waals surface area contributed by atoms with Gasteiger partial charge in [0.1, 0.15) is 11.3 Å². The minimum atomic E-state index is -0.403. The van der Waals surface area contributed by atoms with Crippen molar-refractivity contribution in [1.82, 2.24) is 0 Å². The third-order valence-electron chi connectivity index (χ3n) is 4.20. The number of fused-ring (bicyclic) bond motifs is 1. The van der Waals surface area contributed by atoms with Gasteiger partial charge in [0.15, 0.2) is 6.61 Å². The van der Waals surface area contributed by atoms with Gasteiger partial charge >= 0.3 is 5.63 Å². The molecule has 0 aliphatic heterocycles. The van der Waals surface area contributed by atoms with Crippen LogP contribution in [0.25, 0.3) is 11.0 Å². The van der Waals surface area contributed by atoms with Crippen LogP contribution in [-0.4, -0.2) is 12.5 Å². The maximum absolute atomic E-state index is 12.1. The zero-order valence-corrected chi connectivity index (χ0v) is 16.1. The summed E-state index contributed by atoms with van der Waals surface area (Å²) in [7, 11) is 0. The third kappa shape index (κ3) is 4.49. The van der Waals surface area contributed by atoms with Gasteiger partial charge < -0.3 is 14.5 Å². The first-order chi connectivity index (χ1) is 12.8. The number of anilines is 1. The van der Waals surface area contributed by atoms with E-state index >= 15 is 0 Å². The molecule has 0 saturated carbocycles. The SMILES string of the molecule is Cc1cc(Cl)ccc1NC(=O)COc1ccc2c(C(C)C)cc(=O)oc2c1. The van der Waals surface area contributed by atoms with Crippen molar-refractivity contribution in [3.63, 3.8) is 0 Å². The van der Waals surface area contributed by atoms with Gasteiger partial charge in [0.05, 0.1) is 0 Å². The van der Waals surface area contributed by atoms with Crippen molar-refractivity contribution in [2.24, 2.45) is 0 Å². The van der Waals surface area contributed by atoms with Crippen LogP contribution in [-0.2, 0) is 4.79 Å². The summed E-state index contributed by atoms with van der Waals surface area (Å²) in [6, 6.07) is 12.0. The van der Waals surface area contributed by atoms with Gasteiger partial charge in [0.2, 0.25) is 0 Å². The third-order valence-corrected chi connectivity index (χ3v) is 4.44. The highest BCUT2D eigenvalue weighted by atomic mass is 35.5. The van der Waals surface area contributed by atoms with Crippen molar-refractivity contribution in [3.8, 4) is 5.75 Å². The Bertz CT molecular complexity index is 1060. The second-order valence-corrected chi connectivity index (χ2v) is 7.07. The fourth-order valence-corrected chi connectivity index (χ4v) is 3.06. The standard InChI is InChI=1S/C21H20ClNO4/c1-12(2)17-10-21(25)27-19-9-15(5-6-16(17)19)26-11-20(24)23-18-7-4-14(22)8-13(18)3/h4-10,12H,11H2,1-3H3,(H,23,24). The van der Waals surface area contributed by atoms with Crippen LogP contribution in [0.15, 0.2) is 51.7 Å². The van der Waals surface area contributed by atoms with Gasteiger partial charge in [-0.3, -0.25) is 4.79 Å². The molecule has 1 aromatic heterocycles. The predicted molar refractivity (Wildman–Crippen MR) is 107 cm³/mol. The van der Waals surface area contributed by atoms with Gasteiger partial charge in [-0.15, -0.1) is 0 Å². The van der Waals surface area contributed by atoms with Crippen molar-refractivity contribution in [2.45, 2.75) is 26.7 Å². The van der Waals surface area contributed by atoms with Crippen LogP contribution in [0.5, 0.6) is 5.75 Å². The van der Waals surface area contributed by atoms with Crippen LogP contribution in [0.1, 0.15) is 30.9 Å². The molecule has 0 atom stereocenters. The number of amides is 1. The van der Waals surface area contributed by atoms with E-state index in [9.17, 15) is 9.59 Å². The van der Waals surface area contributed by atoms with E-state index in [0.717, 1.165) is 16.5 Å². The molecule has 0 aliphatic carbocycles. The fourth-order valence-electron chi connectivity index (χ4n) is 2.84. The van der Waals surface area contributed by atoms with Crippen molar-refractivity contribution in [2.75, 3.05) is 11.9 Å². The molecule has 1 N–H and O–H groups in total. The molecule has 0 fully saturated rings. The second-order valence-electron chi connectivity index (χ2n) is 6.63. The maximum atomic E-state index is 12.1. The van der Waals surface area contributed by atoms with Gasteiger partial charge in [-0.2, -0.15) is 0 Å². The minimum Gasteiger partial charge on any atom is -0.484 e. The molecule has 140 valence electrons. The molecule has 6 heteroatoms. The van der Waals surface area contributed by atoms with Crippen molar-refractivity contribution in [3.05, 3.63) is 69.0 Å². The highest BCUT2D eigenvalue weighted by Gasteiger charge is 2.11. The highest BCUT2D eigenvalue weighted by molar-refractivity contribution is 6.30. The Morgan fingerprint density at radius 1 is 1.19 bits per heavy atom. The van der Waals surface area contributed by atoms with Crippen LogP contribution < -0.4 is 15.7 Å². The molecule has 5 nitrogen and oxygen atoms in total. The van der Waals surface area contributed by atoms with Crippen molar-refractivity contribution in [1.29, 1.82) is 0 Å². The Morgan fingerprint density at radius 2 is 1.96 bits per heavy atom. The summed E-state index contributed by atoms with van der Waals surface area (Å²) in [6.45, 7) is 5.73. The molecule has 0 aliphatic rings. The number of benzene rings is 2. The number of nitrogens with one attached hydrogen (secondary N) is 1. The summed E-state index contributed by atoms with van der Waals surface area (Å²) in [5.74, 6) is 0.351. The maximum Gasteiger partial charge on any atom is 0.336 e. The number of carbonyl (C=O) groups excluding carboxylic acids is 1. The van der Waals surface area contributed by atoms with E-state index in [1.807, 2.05) is 26.8 Å². The Balaban J connectivity index is 1.73. The molecule has 0 bridgehead atoms. The summed E-state index contributed by atoms with van der Waals surface area (Å²) in [5.41, 5.74) is 2.50. The fraction of sp³-hybridized carbons (Fsp3) is 0.238. The predicted octanol–water partition coefficient (Wildman–Crippen LogP) is 4.90.